The molecule has 13 heavy (non-hydrogen) atoms. The van der Waals surface area contributed by atoms with Gasteiger partial charge in [0.25, 0.3) is 0 Å². The van der Waals surface area contributed by atoms with E-state index in [0.29, 0.717) is 12.8 Å². The molecule has 0 aliphatic rings. The lowest BCUT2D eigenvalue weighted by Crippen LogP contribution is -2.40. The largest absolute Gasteiger partial charge is 0.453 e. The van der Waals surface area contributed by atoms with E-state index in [2.05, 4.69) is 10.1 Å². The third kappa shape index (κ3) is 4.50. The summed E-state index contributed by atoms with van der Waals surface area (Å²) in [4.78, 5) is 22.1. The van der Waals surface area contributed by atoms with Crippen LogP contribution in [0.2, 0.25) is 0 Å². The molecule has 0 aromatic heterocycles. The molecule has 4 heteroatoms. The summed E-state index contributed by atoms with van der Waals surface area (Å²) in [6, 6.07) is -0.387. The summed E-state index contributed by atoms with van der Waals surface area (Å²) < 4.78 is 4.42. The van der Waals surface area contributed by atoms with E-state index in [9.17, 15) is 9.59 Å². The maximum atomic E-state index is 11.3. The van der Waals surface area contributed by atoms with Gasteiger partial charge in [-0.3, -0.25) is 4.79 Å². The van der Waals surface area contributed by atoms with E-state index < -0.39 is 6.09 Å². The lowest BCUT2D eigenvalue weighted by Gasteiger charge is -2.14. The maximum Gasteiger partial charge on any atom is 0.407 e. The van der Waals surface area contributed by atoms with Crippen LogP contribution in [0.3, 0.4) is 0 Å². The molecule has 1 N–H and O–H groups in total. The van der Waals surface area contributed by atoms with Crippen LogP contribution in [0, 0.1) is 0 Å². The highest BCUT2D eigenvalue weighted by Gasteiger charge is 2.17. The number of carbonyl (C=O) groups excluding carboxylic acids is 2. The molecule has 4 nitrogen and oxygen atoms in total. The van der Waals surface area contributed by atoms with Crippen LogP contribution in [-0.4, -0.2) is 25.0 Å². The zero-order valence-corrected chi connectivity index (χ0v) is 8.42. The lowest BCUT2D eigenvalue weighted by atomic mass is 10.1. The predicted octanol–water partition coefficient (Wildman–Crippen LogP) is 1.74. The summed E-state index contributed by atoms with van der Waals surface area (Å²) in [5, 5.41) is 2.51. The third-order valence-electron chi connectivity index (χ3n) is 1.79. The SMILES string of the molecule is CCC[C@@H](NC(=O)OC)C(=O)CC.[HH]. The smallest absolute Gasteiger partial charge is 0.407 e. The zero-order valence-electron chi connectivity index (χ0n) is 8.42. The average molecular weight is 189 g/mol. The number of methoxy groups -OCH3 is 1. The number of ketones is 1. The van der Waals surface area contributed by atoms with Gasteiger partial charge in [0, 0.05) is 7.85 Å². The minimum absolute atomic E-state index is 0. The molecule has 78 valence electrons. The Morgan fingerprint density at radius 2 is 2.08 bits per heavy atom. The fraction of sp³-hybridized carbons (Fsp3) is 0.778. The molecule has 0 fully saturated rings. The summed E-state index contributed by atoms with van der Waals surface area (Å²) in [5.74, 6) is 0.0484. The lowest BCUT2D eigenvalue weighted by molar-refractivity contribution is -0.120. The average Bonchev–Trinajstić information content (AvgIpc) is 2.15. The molecule has 1 atom stereocenters. The number of nitrogens with one attached hydrogen (secondary N) is 1. The molecular formula is C9H19NO3. The van der Waals surface area contributed by atoms with Crippen molar-refractivity contribution in [2.75, 3.05) is 7.11 Å². The molecule has 0 heterocycles. The van der Waals surface area contributed by atoms with E-state index in [1.54, 1.807) is 6.92 Å². The molecule has 0 rings (SSSR count). The first-order valence-corrected chi connectivity index (χ1v) is 4.52. The molecule has 0 spiro atoms. The van der Waals surface area contributed by atoms with E-state index >= 15 is 0 Å². The van der Waals surface area contributed by atoms with Crippen LogP contribution in [0.5, 0.6) is 0 Å². The van der Waals surface area contributed by atoms with Gasteiger partial charge in [-0.1, -0.05) is 20.3 Å². The minimum atomic E-state index is -0.541. The van der Waals surface area contributed by atoms with Crippen LogP contribution < -0.4 is 5.32 Å². The normalized spacial score (nSPS) is 11.9. The number of rotatable bonds is 5. The number of Topliss-reactive ketones (excluding diaryl/α,β-unsaturated/α-hetero) is 1. The molecule has 0 aromatic rings. The van der Waals surface area contributed by atoms with Crippen molar-refractivity contribution >= 4 is 11.9 Å². The molecule has 0 saturated carbocycles. The Balaban J connectivity index is 0. The predicted molar refractivity (Wildman–Crippen MR) is 51.6 cm³/mol. The summed E-state index contributed by atoms with van der Waals surface area (Å²) >= 11 is 0. The Labute approximate surface area is 80.1 Å². The fourth-order valence-electron chi connectivity index (χ4n) is 1.05. The van der Waals surface area contributed by atoms with Crippen molar-refractivity contribution in [2.45, 2.75) is 39.2 Å². The second kappa shape index (κ2) is 6.46. The molecular weight excluding hydrogens is 170 g/mol. The second-order valence-corrected chi connectivity index (χ2v) is 2.80. The van der Waals surface area contributed by atoms with E-state index in [1.165, 1.54) is 7.11 Å². The first-order valence-electron chi connectivity index (χ1n) is 4.52. The first-order chi connectivity index (χ1) is 6.15. The number of hydrogen-bond acceptors (Lipinski definition) is 3. The van der Waals surface area contributed by atoms with Crippen LogP contribution in [0.15, 0.2) is 0 Å². The molecule has 0 bridgehead atoms. The van der Waals surface area contributed by atoms with Crippen LogP contribution in [0.4, 0.5) is 4.79 Å². The van der Waals surface area contributed by atoms with E-state index in [1.807, 2.05) is 6.92 Å². The van der Waals surface area contributed by atoms with Gasteiger partial charge < -0.3 is 10.1 Å². The Kier molecular flexibility index (Phi) is 5.93. The first kappa shape index (κ1) is 11.9. The highest BCUT2D eigenvalue weighted by molar-refractivity contribution is 5.87. The van der Waals surface area contributed by atoms with Crippen LogP contribution in [-0.2, 0) is 9.53 Å². The molecule has 0 saturated heterocycles. The maximum absolute atomic E-state index is 11.3. The van der Waals surface area contributed by atoms with Crippen molar-refractivity contribution in [3.63, 3.8) is 0 Å². The molecule has 0 radical (unpaired) electrons. The van der Waals surface area contributed by atoms with Crippen LogP contribution in [0.1, 0.15) is 34.5 Å². The van der Waals surface area contributed by atoms with Crippen molar-refractivity contribution in [3.8, 4) is 0 Å². The van der Waals surface area contributed by atoms with Crippen molar-refractivity contribution in [1.82, 2.24) is 5.32 Å². The topological polar surface area (TPSA) is 55.4 Å². The van der Waals surface area contributed by atoms with E-state index in [4.69, 9.17) is 0 Å². The van der Waals surface area contributed by atoms with Crippen LogP contribution >= 0.6 is 0 Å². The fourth-order valence-corrected chi connectivity index (χ4v) is 1.05. The molecule has 1 amide bonds. The van der Waals surface area contributed by atoms with Gasteiger partial charge in [0.15, 0.2) is 5.78 Å². The van der Waals surface area contributed by atoms with Gasteiger partial charge >= 0.3 is 6.09 Å². The Hall–Kier alpha value is -1.06. The zero-order chi connectivity index (χ0) is 10.3. The van der Waals surface area contributed by atoms with Gasteiger partial charge in [0.05, 0.1) is 13.2 Å². The van der Waals surface area contributed by atoms with Crippen molar-refractivity contribution < 1.29 is 15.8 Å². The number of amides is 1. The summed E-state index contributed by atoms with van der Waals surface area (Å²) in [5.41, 5.74) is 0. The summed E-state index contributed by atoms with van der Waals surface area (Å²) in [7, 11) is 1.29. The van der Waals surface area contributed by atoms with Gasteiger partial charge in [-0.2, -0.15) is 0 Å². The summed E-state index contributed by atoms with van der Waals surface area (Å²) in [6.45, 7) is 3.75. The van der Waals surface area contributed by atoms with Gasteiger partial charge in [-0.15, -0.1) is 0 Å². The van der Waals surface area contributed by atoms with E-state index in [-0.39, 0.29) is 13.3 Å². The molecule has 0 aromatic carbocycles. The van der Waals surface area contributed by atoms with Gasteiger partial charge in [-0.05, 0) is 6.42 Å². The number of alkyl carbamates (subject to hydrolysis) is 1. The second-order valence-electron chi connectivity index (χ2n) is 2.80. The molecule has 0 aliphatic carbocycles. The quantitative estimate of drug-likeness (QED) is 0.716. The van der Waals surface area contributed by atoms with Gasteiger partial charge in [0.1, 0.15) is 0 Å². The number of ether oxygens (including phenoxy) is 1. The number of hydrogen-bond donors (Lipinski definition) is 1. The van der Waals surface area contributed by atoms with Crippen molar-refractivity contribution in [2.24, 2.45) is 0 Å². The Morgan fingerprint density at radius 1 is 1.46 bits per heavy atom. The van der Waals surface area contributed by atoms with Crippen LogP contribution in [0.25, 0.3) is 0 Å². The molecule has 0 aliphatic heterocycles. The highest BCUT2D eigenvalue weighted by atomic mass is 16.5. The Morgan fingerprint density at radius 3 is 2.46 bits per heavy atom. The van der Waals surface area contributed by atoms with E-state index in [0.717, 1.165) is 6.42 Å². The Bertz CT molecular complexity index is 185. The standard InChI is InChI=1S/C9H17NO3.H2/c1-4-6-7(8(11)5-2)10-9(12)13-3;/h7H,4-6H2,1-3H3,(H,10,12);1H/t7-;/m1./s1. The molecule has 0 unspecified atom stereocenters. The third-order valence-corrected chi connectivity index (χ3v) is 1.79. The van der Waals surface area contributed by atoms with Gasteiger partial charge in [0.2, 0.25) is 0 Å². The van der Waals surface area contributed by atoms with Crippen molar-refractivity contribution in [3.05, 3.63) is 0 Å². The minimum Gasteiger partial charge on any atom is -0.453 e. The summed E-state index contributed by atoms with van der Waals surface area (Å²) in [6.07, 6.45) is 1.43. The monoisotopic (exact) mass is 189 g/mol. The number of carbonyl (C=O) groups is 2. The highest BCUT2D eigenvalue weighted by Crippen LogP contribution is 2.01. The van der Waals surface area contributed by atoms with Gasteiger partial charge in [-0.25, -0.2) is 4.79 Å². The van der Waals surface area contributed by atoms with Crippen molar-refractivity contribution in [1.29, 1.82) is 0 Å².